The summed E-state index contributed by atoms with van der Waals surface area (Å²) in [5.41, 5.74) is -0.0116. The molecule has 0 spiro atoms. The Balaban J connectivity index is 2.35. The molecule has 0 bridgehead atoms. The number of hydrogen-bond acceptors (Lipinski definition) is 2. The third-order valence-corrected chi connectivity index (χ3v) is 3.41. The Morgan fingerprint density at radius 2 is 1.87 bits per heavy atom. The van der Waals surface area contributed by atoms with Gasteiger partial charge < -0.3 is 10.4 Å². The number of rotatable bonds is 1. The molecule has 82 valence electrons. The van der Waals surface area contributed by atoms with E-state index in [2.05, 4.69) is 5.32 Å². The number of aliphatic hydroxyl groups is 1. The predicted molar refractivity (Wildman–Crippen MR) is 62.5 cm³/mol. The normalized spacial score (nSPS) is 20.2. The van der Waals surface area contributed by atoms with Crippen LogP contribution in [0.2, 0.25) is 10.0 Å². The largest absolute Gasteiger partial charge is 0.385 e. The van der Waals surface area contributed by atoms with E-state index in [4.69, 9.17) is 23.2 Å². The number of nitrogens with one attached hydrogen (secondary N) is 1. The summed E-state index contributed by atoms with van der Waals surface area (Å²) in [4.78, 5) is 0. The zero-order valence-corrected chi connectivity index (χ0v) is 9.78. The maximum absolute atomic E-state index is 10.4. The average molecular weight is 246 g/mol. The Labute approximate surface area is 99.2 Å². The molecular weight excluding hydrogens is 233 g/mol. The maximum atomic E-state index is 10.4. The van der Waals surface area contributed by atoms with E-state index in [1.165, 1.54) is 0 Å². The fourth-order valence-corrected chi connectivity index (χ4v) is 2.56. The summed E-state index contributed by atoms with van der Waals surface area (Å²) in [6.45, 7) is 1.63. The van der Waals surface area contributed by atoms with Crippen LogP contribution in [0.5, 0.6) is 0 Å². The second-order valence-electron chi connectivity index (χ2n) is 3.91. The molecule has 1 aliphatic rings. The highest BCUT2D eigenvalue weighted by Gasteiger charge is 2.32. The SMILES string of the molecule is OC1(c2ccc(Cl)cc2Cl)CCNCC1. The third kappa shape index (κ3) is 2.28. The summed E-state index contributed by atoms with van der Waals surface area (Å²) in [6, 6.07) is 5.26. The van der Waals surface area contributed by atoms with Gasteiger partial charge in [0.05, 0.1) is 5.60 Å². The first kappa shape index (κ1) is 11.2. The number of benzene rings is 1. The Bertz CT molecular complexity index is 362. The van der Waals surface area contributed by atoms with Crippen LogP contribution in [0.4, 0.5) is 0 Å². The highest BCUT2D eigenvalue weighted by Crippen LogP contribution is 2.36. The molecular formula is C11H13Cl2NO. The van der Waals surface area contributed by atoms with Gasteiger partial charge in [0, 0.05) is 15.6 Å². The van der Waals surface area contributed by atoms with Crippen molar-refractivity contribution in [1.29, 1.82) is 0 Å². The highest BCUT2D eigenvalue weighted by molar-refractivity contribution is 6.35. The fraction of sp³-hybridized carbons (Fsp3) is 0.455. The van der Waals surface area contributed by atoms with Crippen LogP contribution >= 0.6 is 23.2 Å². The molecule has 0 aromatic heterocycles. The Kier molecular flexibility index (Phi) is 3.21. The van der Waals surface area contributed by atoms with E-state index in [0.717, 1.165) is 18.7 Å². The fourth-order valence-electron chi connectivity index (χ4n) is 1.98. The van der Waals surface area contributed by atoms with E-state index < -0.39 is 5.60 Å². The van der Waals surface area contributed by atoms with Crippen molar-refractivity contribution in [2.24, 2.45) is 0 Å². The molecule has 1 heterocycles. The number of halogens is 2. The molecule has 0 unspecified atom stereocenters. The molecule has 1 aromatic rings. The molecule has 0 aliphatic carbocycles. The van der Waals surface area contributed by atoms with E-state index in [-0.39, 0.29) is 0 Å². The van der Waals surface area contributed by atoms with Gasteiger partial charge in [-0.05, 0) is 38.1 Å². The zero-order chi connectivity index (χ0) is 10.9. The van der Waals surface area contributed by atoms with E-state index in [9.17, 15) is 5.11 Å². The Morgan fingerprint density at radius 1 is 1.20 bits per heavy atom. The molecule has 0 atom stereocenters. The summed E-state index contributed by atoms with van der Waals surface area (Å²) < 4.78 is 0. The summed E-state index contributed by atoms with van der Waals surface area (Å²) in [7, 11) is 0. The summed E-state index contributed by atoms with van der Waals surface area (Å²) in [5.74, 6) is 0. The van der Waals surface area contributed by atoms with Gasteiger partial charge in [0.1, 0.15) is 0 Å². The first-order valence-electron chi connectivity index (χ1n) is 5.00. The minimum atomic E-state index is -0.799. The van der Waals surface area contributed by atoms with Gasteiger partial charge in [-0.1, -0.05) is 29.3 Å². The second kappa shape index (κ2) is 4.30. The van der Waals surface area contributed by atoms with Gasteiger partial charge >= 0.3 is 0 Å². The van der Waals surface area contributed by atoms with Gasteiger partial charge in [0.15, 0.2) is 0 Å². The lowest BCUT2D eigenvalue weighted by molar-refractivity contribution is 0.00605. The van der Waals surface area contributed by atoms with Crippen molar-refractivity contribution >= 4 is 23.2 Å². The highest BCUT2D eigenvalue weighted by atomic mass is 35.5. The monoisotopic (exact) mass is 245 g/mol. The van der Waals surface area contributed by atoms with Crippen molar-refractivity contribution in [3.8, 4) is 0 Å². The predicted octanol–water partition coefficient (Wildman–Crippen LogP) is 2.56. The van der Waals surface area contributed by atoms with Crippen LogP contribution in [-0.2, 0) is 5.60 Å². The standard InChI is InChI=1S/C11H13Cl2NO/c12-8-1-2-9(10(13)7-8)11(15)3-5-14-6-4-11/h1-2,7,14-15H,3-6H2. The van der Waals surface area contributed by atoms with Crippen LogP contribution in [0.1, 0.15) is 18.4 Å². The Hall–Kier alpha value is -0.280. The van der Waals surface area contributed by atoms with E-state index in [1.54, 1.807) is 12.1 Å². The van der Waals surface area contributed by atoms with Gasteiger partial charge in [-0.25, -0.2) is 0 Å². The molecule has 0 amide bonds. The van der Waals surface area contributed by atoms with Crippen molar-refractivity contribution in [2.45, 2.75) is 18.4 Å². The first-order valence-corrected chi connectivity index (χ1v) is 5.76. The van der Waals surface area contributed by atoms with E-state index >= 15 is 0 Å². The van der Waals surface area contributed by atoms with Gasteiger partial charge in [-0.3, -0.25) is 0 Å². The summed E-state index contributed by atoms with van der Waals surface area (Å²) in [6.07, 6.45) is 1.38. The van der Waals surface area contributed by atoms with Crippen molar-refractivity contribution in [3.05, 3.63) is 33.8 Å². The van der Waals surface area contributed by atoms with Crippen LogP contribution in [0.15, 0.2) is 18.2 Å². The molecule has 15 heavy (non-hydrogen) atoms. The molecule has 4 heteroatoms. The van der Waals surface area contributed by atoms with Gasteiger partial charge in [0.25, 0.3) is 0 Å². The average Bonchev–Trinajstić information content (AvgIpc) is 2.18. The van der Waals surface area contributed by atoms with Gasteiger partial charge in [-0.2, -0.15) is 0 Å². The van der Waals surface area contributed by atoms with E-state index in [1.807, 2.05) is 6.07 Å². The van der Waals surface area contributed by atoms with Crippen LogP contribution in [0.3, 0.4) is 0 Å². The lowest BCUT2D eigenvalue weighted by Gasteiger charge is -2.33. The van der Waals surface area contributed by atoms with Crippen molar-refractivity contribution in [3.63, 3.8) is 0 Å². The molecule has 1 fully saturated rings. The molecule has 0 saturated carbocycles. The quantitative estimate of drug-likeness (QED) is 0.798. The number of hydrogen-bond donors (Lipinski definition) is 2. The van der Waals surface area contributed by atoms with Crippen molar-refractivity contribution in [2.75, 3.05) is 13.1 Å². The lowest BCUT2D eigenvalue weighted by Crippen LogP contribution is -2.39. The second-order valence-corrected chi connectivity index (χ2v) is 4.75. The molecule has 2 N–H and O–H groups in total. The van der Waals surface area contributed by atoms with Crippen molar-refractivity contribution in [1.82, 2.24) is 5.32 Å². The third-order valence-electron chi connectivity index (χ3n) is 2.86. The van der Waals surface area contributed by atoms with Crippen LogP contribution in [-0.4, -0.2) is 18.2 Å². The molecule has 2 nitrogen and oxygen atoms in total. The van der Waals surface area contributed by atoms with Crippen LogP contribution < -0.4 is 5.32 Å². The topological polar surface area (TPSA) is 32.3 Å². The maximum Gasteiger partial charge on any atom is 0.0935 e. The minimum Gasteiger partial charge on any atom is -0.385 e. The van der Waals surface area contributed by atoms with Gasteiger partial charge in [-0.15, -0.1) is 0 Å². The van der Waals surface area contributed by atoms with E-state index in [0.29, 0.717) is 22.9 Å². The van der Waals surface area contributed by atoms with Crippen molar-refractivity contribution < 1.29 is 5.11 Å². The zero-order valence-electron chi connectivity index (χ0n) is 8.26. The smallest absolute Gasteiger partial charge is 0.0935 e. The summed E-state index contributed by atoms with van der Waals surface area (Å²) >= 11 is 11.9. The Morgan fingerprint density at radius 3 is 2.47 bits per heavy atom. The first-order chi connectivity index (χ1) is 7.12. The molecule has 1 aromatic carbocycles. The van der Waals surface area contributed by atoms with Gasteiger partial charge in [0.2, 0.25) is 0 Å². The lowest BCUT2D eigenvalue weighted by atomic mass is 9.85. The molecule has 1 aliphatic heterocycles. The minimum absolute atomic E-state index is 0.548. The van der Waals surface area contributed by atoms with Crippen LogP contribution in [0, 0.1) is 0 Å². The summed E-state index contributed by atoms with van der Waals surface area (Å²) in [5, 5.41) is 14.8. The molecule has 0 radical (unpaired) electrons. The molecule has 1 saturated heterocycles. The molecule has 2 rings (SSSR count). The number of piperidine rings is 1. The van der Waals surface area contributed by atoms with Crippen LogP contribution in [0.25, 0.3) is 0 Å².